The predicted molar refractivity (Wildman–Crippen MR) is 127 cm³/mol. The van der Waals surface area contributed by atoms with Crippen LogP contribution >= 0.6 is 11.6 Å². The van der Waals surface area contributed by atoms with Crippen molar-refractivity contribution in [3.8, 4) is 11.5 Å². The lowest BCUT2D eigenvalue weighted by atomic mass is 9.94. The molecule has 7 heteroatoms. The zero-order valence-corrected chi connectivity index (χ0v) is 18.3. The molecule has 1 aliphatic heterocycles. The first-order chi connectivity index (χ1) is 15.2. The standard InChI is InChI=1S/C24H27ClN6/c25-16-6-8-19-21(14-16)28-29-23(19)24-26-20-9-7-18(15-22(20)27-24)31-12-10-30(11-13-31)17-4-2-1-3-5-17/h6-9,14-15,17H,1-5,10-13H2,(H,26,27)(H,28,29). The molecule has 0 spiro atoms. The summed E-state index contributed by atoms with van der Waals surface area (Å²) >= 11 is 6.10. The van der Waals surface area contributed by atoms with Gasteiger partial charge in [-0.15, -0.1) is 0 Å². The number of imidazole rings is 1. The Hall–Kier alpha value is -2.57. The summed E-state index contributed by atoms with van der Waals surface area (Å²) in [5.41, 5.74) is 5.02. The smallest absolute Gasteiger partial charge is 0.159 e. The van der Waals surface area contributed by atoms with E-state index in [0.29, 0.717) is 5.02 Å². The molecule has 2 aromatic heterocycles. The molecule has 1 saturated heterocycles. The normalized spacial score (nSPS) is 18.9. The molecule has 6 rings (SSSR count). The van der Waals surface area contributed by atoms with Crippen molar-refractivity contribution in [2.75, 3.05) is 31.1 Å². The Morgan fingerprint density at radius 1 is 0.903 bits per heavy atom. The molecule has 1 saturated carbocycles. The van der Waals surface area contributed by atoms with Gasteiger partial charge in [-0.1, -0.05) is 30.9 Å². The van der Waals surface area contributed by atoms with Crippen LogP contribution in [0.4, 0.5) is 5.69 Å². The summed E-state index contributed by atoms with van der Waals surface area (Å²) in [4.78, 5) is 13.5. The van der Waals surface area contributed by atoms with Gasteiger partial charge in [-0.25, -0.2) is 4.98 Å². The van der Waals surface area contributed by atoms with Gasteiger partial charge in [0, 0.05) is 48.3 Å². The number of piperazine rings is 1. The summed E-state index contributed by atoms with van der Waals surface area (Å²) < 4.78 is 0. The second kappa shape index (κ2) is 7.84. The molecule has 3 heterocycles. The maximum Gasteiger partial charge on any atom is 0.159 e. The zero-order chi connectivity index (χ0) is 20.8. The van der Waals surface area contributed by atoms with Crippen molar-refractivity contribution < 1.29 is 0 Å². The molecule has 160 valence electrons. The summed E-state index contributed by atoms with van der Waals surface area (Å²) in [6.45, 7) is 4.51. The lowest BCUT2D eigenvalue weighted by molar-refractivity contribution is 0.148. The Labute approximate surface area is 186 Å². The molecule has 4 aromatic rings. The highest BCUT2D eigenvalue weighted by Crippen LogP contribution is 2.30. The first-order valence-electron chi connectivity index (χ1n) is 11.4. The number of rotatable bonds is 3. The van der Waals surface area contributed by atoms with Crippen molar-refractivity contribution in [2.24, 2.45) is 0 Å². The molecule has 31 heavy (non-hydrogen) atoms. The number of H-pyrrole nitrogens is 2. The molecule has 6 nitrogen and oxygen atoms in total. The topological polar surface area (TPSA) is 63.8 Å². The molecule has 1 aliphatic carbocycles. The van der Waals surface area contributed by atoms with Gasteiger partial charge in [0.2, 0.25) is 0 Å². The Morgan fingerprint density at radius 2 is 1.74 bits per heavy atom. The number of fused-ring (bicyclic) bond motifs is 2. The first-order valence-corrected chi connectivity index (χ1v) is 11.8. The van der Waals surface area contributed by atoms with Gasteiger partial charge in [0.25, 0.3) is 0 Å². The Balaban J connectivity index is 1.23. The van der Waals surface area contributed by atoms with Crippen LogP contribution in [0, 0.1) is 0 Å². The van der Waals surface area contributed by atoms with Crippen molar-refractivity contribution in [1.82, 2.24) is 25.1 Å². The molecule has 0 radical (unpaired) electrons. The van der Waals surface area contributed by atoms with E-state index in [-0.39, 0.29) is 0 Å². The molecule has 2 aromatic carbocycles. The average Bonchev–Trinajstić information content (AvgIpc) is 3.42. The Kier molecular flexibility index (Phi) is 4.84. The van der Waals surface area contributed by atoms with Crippen LogP contribution in [-0.2, 0) is 0 Å². The van der Waals surface area contributed by atoms with E-state index in [2.05, 4.69) is 43.2 Å². The molecule has 2 fully saturated rings. The molecule has 0 atom stereocenters. The number of aromatic amines is 2. The van der Waals surface area contributed by atoms with Gasteiger partial charge in [-0.2, -0.15) is 5.10 Å². The van der Waals surface area contributed by atoms with E-state index >= 15 is 0 Å². The minimum absolute atomic E-state index is 0.695. The predicted octanol–water partition coefficient (Wildman–Crippen LogP) is 5.21. The van der Waals surface area contributed by atoms with Gasteiger partial charge in [0.05, 0.1) is 16.6 Å². The number of nitrogens with zero attached hydrogens (tertiary/aromatic N) is 4. The summed E-state index contributed by atoms with van der Waals surface area (Å²) in [6, 6.07) is 13.1. The Morgan fingerprint density at radius 3 is 2.58 bits per heavy atom. The fourth-order valence-corrected chi connectivity index (χ4v) is 5.44. The van der Waals surface area contributed by atoms with Gasteiger partial charge in [-0.05, 0) is 49.2 Å². The van der Waals surface area contributed by atoms with Crippen molar-refractivity contribution in [3.63, 3.8) is 0 Å². The van der Waals surface area contributed by atoms with E-state index in [9.17, 15) is 0 Å². The molecule has 0 unspecified atom stereocenters. The summed E-state index contributed by atoms with van der Waals surface area (Å²) in [5.74, 6) is 0.780. The van der Waals surface area contributed by atoms with Gasteiger partial charge >= 0.3 is 0 Å². The zero-order valence-electron chi connectivity index (χ0n) is 17.6. The quantitative estimate of drug-likeness (QED) is 0.464. The minimum atomic E-state index is 0.695. The van der Waals surface area contributed by atoms with E-state index < -0.39 is 0 Å². The second-order valence-electron chi connectivity index (χ2n) is 8.86. The van der Waals surface area contributed by atoms with Crippen LogP contribution in [0.1, 0.15) is 32.1 Å². The fourth-order valence-electron chi connectivity index (χ4n) is 5.27. The van der Waals surface area contributed by atoms with Crippen molar-refractivity contribution in [1.29, 1.82) is 0 Å². The third-order valence-corrected chi connectivity index (χ3v) is 7.22. The highest BCUT2D eigenvalue weighted by atomic mass is 35.5. The largest absolute Gasteiger partial charge is 0.369 e. The molecule has 0 bridgehead atoms. The molecule has 0 amide bonds. The maximum absolute atomic E-state index is 6.10. The SMILES string of the molecule is Clc1ccc2c(-c3nc4ccc(N5CCN(C6CCCCC6)CC5)cc4[nH]3)n[nH]c2c1. The van der Waals surface area contributed by atoms with Gasteiger partial charge < -0.3 is 9.88 Å². The maximum atomic E-state index is 6.10. The Bertz CT molecular complexity index is 1210. The minimum Gasteiger partial charge on any atom is -0.369 e. The van der Waals surface area contributed by atoms with E-state index in [1.54, 1.807) is 0 Å². The van der Waals surface area contributed by atoms with Crippen LogP contribution in [0.2, 0.25) is 5.02 Å². The van der Waals surface area contributed by atoms with Crippen molar-refractivity contribution in [2.45, 2.75) is 38.1 Å². The first kappa shape index (κ1) is 19.1. The van der Waals surface area contributed by atoms with Crippen molar-refractivity contribution in [3.05, 3.63) is 41.4 Å². The highest BCUT2D eigenvalue weighted by Gasteiger charge is 2.25. The second-order valence-corrected chi connectivity index (χ2v) is 9.30. The number of aromatic nitrogens is 4. The summed E-state index contributed by atoms with van der Waals surface area (Å²) in [5, 5.41) is 9.24. The lowest BCUT2D eigenvalue weighted by Crippen LogP contribution is -2.50. The number of nitrogens with one attached hydrogen (secondary N) is 2. The van der Waals surface area contributed by atoms with E-state index in [0.717, 1.165) is 52.6 Å². The van der Waals surface area contributed by atoms with E-state index in [4.69, 9.17) is 16.6 Å². The van der Waals surface area contributed by atoms with Crippen LogP contribution in [-0.4, -0.2) is 57.3 Å². The van der Waals surface area contributed by atoms with Crippen LogP contribution in [0.15, 0.2) is 36.4 Å². The van der Waals surface area contributed by atoms with Crippen LogP contribution in [0.3, 0.4) is 0 Å². The van der Waals surface area contributed by atoms with Crippen LogP contribution in [0.5, 0.6) is 0 Å². The third-order valence-electron chi connectivity index (χ3n) is 6.99. The molecule has 2 N–H and O–H groups in total. The number of halogens is 1. The fraction of sp³-hybridized carbons (Fsp3) is 0.417. The van der Waals surface area contributed by atoms with E-state index in [1.165, 1.54) is 50.9 Å². The molecular formula is C24H27ClN6. The number of benzene rings is 2. The average molecular weight is 435 g/mol. The number of anilines is 1. The summed E-state index contributed by atoms with van der Waals surface area (Å²) in [6.07, 6.45) is 7.00. The lowest BCUT2D eigenvalue weighted by Gasteiger charge is -2.41. The number of hydrogen-bond donors (Lipinski definition) is 2. The van der Waals surface area contributed by atoms with E-state index in [1.807, 2.05) is 18.2 Å². The summed E-state index contributed by atoms with van der Waals surface area (Å²) in [7, 11) is 0. The van der Waals surface area contributed by atoms with Gasteiger partial charge in [0.15, 0.2) is 5.82 Å². The molecule has 2 aliphatic rings. The van der Waals surface area contributed by atoms with Gasteiger partial charge in [0.1, 0.15) is 5.69 Å². The highest BCUT2D eigenvalue weighted by molar-refractivity contribution is 6.31. The third kappa shape index (κ3) is 3.58. The van der Waals surface area contributed by atoms with Crippen LogP contribution in [0.25, 0.3) is 33.5 Å². The monoisotopic (exact) mass is 434 g/mol. The van der Waals surface area contributed by atoms with Crippen molar-refractivity contribution >= 4 is 39.2 Å². The number of hydrogen-bond acceptors (Lipinski definition) is 4. The van der Waals surface area contributed by atoms with Gasteiger partial charge in [-0.3, -0.25) is 10.00 Å². The van der Waals surface area contributed by atoms with Crippen LogP contribution < -0.4 is 4.90 Å². The molecular weight excluding hydrogens is 408 g/mol.